The lowest BCUT2D eigenvalue weighted by Crippen LogP contribution is -2.42. The highest BCUT2D eigenvalue weighted by molar-refractivity contribution is 5.69. The van der Waals surface area contributed by atoms with Crippen LogP contribution in [-0.2, 0) is 20.8 Å². The zero-order valence-electron chi connectivity index (χ0n) is 11.9. The van der Waals surface area contributed by atoms with Crippen molar-refractivity contribution in [3.63, 3.8) is 0 Å². The number of morpholine rings is 1. The van der Waals surface area contributed by atoms with E-state index in [1.165, 1.54) is 13.2 Å². The summed E-state index contributed by atoms with van der Waals surface area (Å²) in [4.78, 5) is 23.8. The van der Waals surface area contributed by atoms with Gasteiger partial charge in [0.15, 0.2) is 0 Å². The Balaban J connectivity index is 1.94. The van der Waals surface area contributed by atoms with E-state index >= 15 is 0 Å². The number of nitro benzene ring substituents is 1. The van der Waals surface area contributed by atoms with Crippen LogP contribution < -0.4 is 0 Å². The summed E-state index contributed by atoms with van der Waals surface area (Å²) >= 11 is 0. The van der Waals surface area contributed by atoms with E-state index < -0.39 is 4.92 Å². The number of rotatable bonds is 5. The number of carbonyl (C=O) groups is 1. The van der Waals surface area contributed by atoms with E-state index in [4.69, 9.17) is 4.74 Å². The number of non-ortho nitro benzene ring substituents is 1. The van der Waals surface area contributed by atoms with E-state index in [9.17, 15) is 14.9 Å². The first-order chi connectivity index (χ1) is 10.1. The van der Waals surface area contributed by atoms with Crippen LogP contribution in [0.5, 0.6) is 0 Å². The van der Waals surface area contributed by atoms with Crippen molar-refractivity contribution in [1.29, 1.82) is 0 Å². The fourth-order valence-electron chi connectivity index (χ4n) is 2.34. The van der Waals surface area contributed by atoms with Gasteiger partial charge in [0.2, 0.25) is 0 Å². The van der Waals surface area contributed by atoms with Gasteiger partial charge in [-0.05, 0) is 5.56 Å². The summed E-state index contributed by atoms with van der Waals surface area (Å²) in [6.07, 6.45) is 0.0342. The molecule has 1 heterocycles. The van der Waals surface area contributed by atoms with Gasteiger partial charge in [-0.25, -0.2) is 0 Å². The standard InChI is InChI=1S/C14H18N2O5/c1-20-14(17)8-13-10-15(5-6-21-13)9-11-3-2-4-12(7-11)16(18)19/h2-4,7,13H,5-6,8-10H2,1H3. The molecular formula is C14H18N2O5. The Bertz CT molecular complexity index is 520. The smallest absolute Gasteiger partial charge is 0.308 e. The Morgan fingerprint density at radius 2 is 2.38 bits per heavy atom. The number of methoxy groups -OCH3 is 1. The largest absolute Gasteiger partial charge is 0.469 e. The first-order valence-electron chi connectivity index (χ1n) is 6.72. The maximum absolute atomic E-state index is 11.3. The van der Waals surface area contributed by atoms with E-state index in [1.807, 2.05) is 6.07 Å². The molecule has 1 unspecified atom stereocenters. The molecule has 1 aromatic carbocycles. The van der Waals surface area contributed by atoms with Crippen molar-refractivity contribution in [2.45, 2.75) is 19.1 Å². The van der Waals surface area contributed by atoms with Crippen molar-refractivity contribution in [1.82, 2.24) is 4.90 Å². The lowest BCUT2D eigenvalue weighted by Gasteiger charge is -2.32. The minimum Gasteiger partial charge on any atom is -0.469 e. The first kappa shape index (κ1) is 15.4. The lowest BCUT2D eigenvalue weighted by atomic mass is 10.1. The summed E-state index contributed by atoms with van der Waals surface area (Å²) in [6.45, 7) is 2.48. The molecule has 0 saturated carbocycles. The van der Waals surface area contributed by atoms with E-state index in [0.29, 0.717) is 19.7 Å². The molecule has 0 N–H and O–H groups in total. The van der Waals surface area contributed by atoms with Crippen molar-refractivity contribution in [3.8, 4) is 0 Å². The zero-order chi connectivity index (χ0) is 15.2. The van der Waals surface area contributed by atoms with Crippen LogP contribution in [0.15, 0.2) is 24.3 Å². The van der Waals surface area contributed by atoms with Gasteiger partial charge < -0.3 is 9.47 Å². The fourth-order valence-corrected chi connectivity index (χ4v) is 2.34. The number of benzene rings is 1. The molecule has 21 heavy (non-hydrogen) atoms. The molecule has 0 spiro atoms. The second-order valence-electron chi connectivity index (χ2n) is 4.94. The van der Waals surface area contributed by atoms with Gasteiger partial charge in [-0.1, -0.05) is 12.1 Å². The molecule has 0 bridgehead atoms. The monoisotopic (exact) mass is 294 g/mol. The molecule has 0 amide bonds. The summed E-state index contributed by atoms with van der Waals surface area (Å²) in [7, 11) is 1.35. The van der Waals surface area contributed by atoms with Crippen molar-refractivity contribution >= 4 is 11.7 Å². The first-order valence-corrected chi connectivity index (χ1v) is 6.72. The molecule has 1 aliphatic heterocycles. The third-order valence-electron chi connectivity index (χ3n) is 3.37. The Morgan fingerprint density at radius 1 is 1.57 bits per heavy atom. The van der Waals surface area contributed by atoms with Gasteiger partial charge in [0.1, 0.15) is 0 Å². The van der Waals surface area contributed by atoms with Crippen LogP contribution in [0.3, 0.4) is 0 Å². The van der Waals surface area contributed by atoms with Gasteiger partial charge in [0.05, 0.1) is 31.2 Å². The lowest BCUT2D eigenvalue weighted by molar-refractivity contribution is -0.384. The van der Waals surface area contributed by atoms with E-state index in [2.05, 4.69) is 9.64 Å². The normalized spacial score (nSPS) is 19.2. The summed E-state index contributed by atoms with van der Waals surface area (Å²) in [5.74, 6) is -0.294. The predicted molar refractivity (Wildman–Crippen MR) is 74.7 cm³/mol. The minimum atomic E-state index is -0.400. The number of nitrogens with zero attached hydrogens (tertiary/aromatic N) is 2. The van der Waals surface area contributed by atoms with Crippen LogP contribution in [0.1, 0.15) is 12.0 Å². The molecule has 2 rings (SSSR count). The van der Waals surface area contributed by atoms with Crippen LogP contribution in [0.2, 0.25) is 0 Å². The molecule has 1 aliphatic rings. The van der Waals surface area contributed by atoms with Gasteiger partial charge in [-0.2, -0.15) is 0 Å². The number of esters is 1. The Hall–Kier alpha value is -1.99. The third-order valence-corrected chi connectivity index (χ3v) is 3.37. The van der Waals surface area contributed by atoms with E-state index in [1.54, 1.807) is 12.1 Å². The predicted octanol–water partition coefficient (Wildman–Crippen LogP) is 1.36. The maximum atomic E-state index is 11.3. The van der Waals surface area contributed by atoms with Gasteiger partial charge in [-0.3, -0.25) is 19.8 Å². The second-order valence-corrected chi connectivity index (χ2v) is 4.94. The van der Waals surface area contributed by atoms with Crippen molar-refractivity contribution in [2.75, 3.05) is 26.8 Å². The average molecular weight is 294 g/mol. The molecule has 7 heteroatoms. The van der Waals surface area contributed by atoms with Crippen LogP contribution in [0.25, 0.3) is 0 Å². The van der Waals surface area contributed by atoms with E-state index in [0.717, 1.165) is 12.1 Å². The molecule has 1 fully saturated rings. The summed E-state index contributed by atoms with van der Waals surface area (Å²) < 4.78 is 10.2. The zero-order valence-corrected chi connectivity index (χ0v) is 11.9. The highest BCUT2D eigenvalue weighted by atomic mass is 16.6. The van der Waals surface area contributed by atoms with Crippen LogP contribution in [0, 0.1) is 10.1 Å². The van der Waals surface area contributed by atoms with Crippen molar-refractivity contribution in [3.05, 3.63) is 39.9 Å². The SMILES string of the molecule is COC(=O)CC1CN(Cc2cccc([N+](=O)[O-])c2)CCO1. The third kappa shape index (κ3) is 4.51. The number of ether oxygens (including phenoxy) is 2. The Kier molecular flexibility index (Phi) is 5.24. The second kappa shape index (κ2) is 7.14. The minimum absolute atomic E-state index is 0.0897. The number of nitro groups is 1. The topological polar surface area (TPSA) is 81.9 Å². The molecule has 1 aromatic rings. The summed E-state index contributed by atoms with van der Waals surface area (Å²) in [5, 5.41) is 10.8. The molecule has 0 radical (unpaired) electrons. The molecule has 0 aromatic heterocycles. The highest BCUT2D eigenvalue weighted by Gasteiger charge is 2.23. The molecule has 114 valence electrons. The quantitative estimate of drug-likeness (QED) is 0.463. The van der Waals surface area contributed by atoms with Gasteiger partial charge in [-0.15, -0.1) is 0 Å². The number of hydrogen-bond acceptors (Lipinski definition) is 6. The molecule has 1 saturated heterocycles. The molecule has 0 aliphatic carbocycles. The van der Waals surface area contributed by atoms with E-state index in [-0.39, 0.29) is 24.2 Å². The van der Waals surface area contributed by atoms with Crippen molar-refractivity contribution in [2.24, 2.45) is 0 Å². The molecule has 1 atom stereocenters. The summed E-state index contributed by atoms with van der Waals surface area (Å²) in [5.41, 5.74) is 0.967. The Morgan fingerprint density at radius 3 is 3.10 bits per heavy atom. The molecular weight excluding hydrogens is 276 g/mol. The average Bonchev–Trinajstić information content (AvgIpc) is 2.47. The van der Waals surface area contributed by atoms with Crippen LogP contribution in [0.4, 0.5) is 5.69 Å². The van der Waals surface area contributed by atoms with Gasteiger partial charge in [0.25, 0.3) is 5.69 Å². The maximum Gasteiger partial charge on any atom is 0.308 e. The molecule has 7 nitrogen and oxygen atoms in total. The van der Waals surface area contributed by atoms with Crippen LogP contribution >= 0.6 is 0 Å². The van der Waals surface area contributed by atoms with Gasteiger partial charge >= 0.3 is 5.97 Å². The number of carbonyl (C=O) groups excluding carboxylic acids is 1. The van der Waals surface area contributed by atoms with Crippen molar-refractivity contribution < 1.29 is 19.2 Å². The number of hydrogen-bond donors (Lipinski definition) is 0. The summed E-state index contributed by atoms with van der Waals surface area (Å²) in [6, 6.07) is 6.59. The highest BCUT2D eigenvalue weighted by Crippen LogP contribution is 2.17. The van der Waals surface area contributed by atoms with Gasteiger partial charge in [0, 0.05) is 31.8 Å². The van der Waals surface area contributed by atoms with Crippen LogP contribution in [-0.4, -0.2) is 48.7 Å². The fraction of sp³-hybridized carbons (Fsp3) is 0.500. The Labute approximate surface area is 122 Å².